The van der Waals surface area contributed by atoms with Gasteiger partial charge in [0.2, 0.25) is 0 Å². The van der Waals surface area contributed by atoms with Gasteiger partial charge in [-0.3, -0.25) is 0 Å². The van der Waals surface area contributed by atoms with Crippen molar-refractivity contribution in [2.24, 2.45) is 0 Å². The molecule has 3 aromatic rings. The first-order valence-corrected chi connectivity index (χ1v) is 8.51. The molecule has 4 rings (SSSR count). The number of anilines is 1. The summed E-state index contributed by atoms with van der Waals surface area (Å²) in [5.41, 5.74) is 12.5. The van der Waals surface area contributed by atoms with E-state index in [0.29, 0.717) is 12.2 Å². The lowest BCUT2D eigenvalue weighted by molar-refractivity contribution is 0.577. The molecule has 0 saturated heterocycles. The number of allylic oxidation sites excluding steroid dienone is 3. The summed E-state index contributed by atoms with van der Waals surface area (Å²) in [5.74, 6) is 0.876. The van der Waals surface area contributed by atoms with Gasteiger partial charge in [0.15, 0.2) is 5.65 Å². The molecule has 26 heavy (non-hydrogen) atoms. The van der Waals surface area contributed by atoms with Crippen LogP contribution in [0.3, 0.4) is 0 Å². The molecule has 0 amide bonds. The molecule has 0 atom stereocenters. The molecule has 0 aliphatic carbocycles. The van der Waals surface area contributed by atoms with E-state index in [1.54, 1.807) is 6.20 Å². The normalized spacial score (nSPS) is 14.5. The molecule has 0 bridgehead atoms. The van der Waals surface area contributed by atoms with Gasteiger partial charge in [-0.25, -0.2) is 9.97 Å². The van der Waals surface area contributed by atoms with Gasteiger partial charge in [0.05, 0.1) is 18.4 Å². The summed E-state index contributed by atoms with van der Waals surface area (Å²) in [5, 5.41) is 0. The molecule has 1 aliphatic heterocycles. The first kappa shape index (κ1) is 16.1. The topological polar surface area (TPSA) is 60.0 Å². The van der Waals surface area contributed by atoms with Gasteiger partial charge >= 0.3 is 0 Å². The molecule has 3 heterocycles. The third-order valence-electron chi connectivity index (χ3n) is 4.63. The number of aromatic nitrogens is 3. The average Bonchev–Trinajstić information content (AvgIpc) is 2.97. The third-order valence-corrected chi connectivity index (χ3v) is 4.63. The van der Waals surface area contributed by atoms with E-state index in [1.165, 1.54) is 5.56 Å². The van der Waals surface area contributed by atoms with Crippen LogP contribution in [-0.4, -0.2) is 26.5 Å². The molecule has 1 aromatic carbocycles. The molecule has 0 radical (unpaired) electrons. The van der Waals surface area contributed by atoms with Gasteiger partial charge in [-0.05, 0) is 30.2 Å². The Balaban J connectivity index is 1.90. The Labute approximate surface area is 152 Å². The lowest BCUT2D eigenvalue weighted by Crippen LogP contribution is -2.16. The highest BCUT2D eigenvalue weighted by molar-refractivity contribution is 5.82. The number of nitrogens with two attached hydrogens (primary N) is 1. The zero-order valence-corrected chi connectivity index (χ0v) is 15.0. The van der Waals surface area contributed by atoms with Crippen LogP contribution < -0.4 is 5.73 Å². The number of benzene rings is 1. The van der Waals surface area contributed by atoms with Crippen molar-refractivity contribution >= 4 is 22.4 Å². The van der Waals surface area contributed by atoms with Crippen LogP contribution >= 0.6 is 0 Å². The quantitative estimate of drug-likeness (QED) is 0.786. The lowest BCUT2D eigenvalue weighted by atomic mass is 10.1. The summed E-state index contributed by atoms with van der Waals surface area (Å²) in [6.07, 6.45) is 5.86. The molecule has 5 nitrogen and oxygen atoms in total. The van der Waals surface area contributed by atoms with Gasteiger partial charge < -0.3 is 15.2 Å². The van der Waals surface area contributed by atoms with Crippen LogP contribution in [0.1, 0.15) is 18.3 Å². The largest absolute Gasteiger partial charge is 0.397 e. The highest BCUT2D eigenvalue weighted by Crippen LogP contribution is 2.29. The number of nitrogen functional groups attached to an aromatic ring is 1. The highest BCUT2D eigenvalue weighted by atomic mass is 15.1. The second-order valence-electron chi connectivity index (χ2n) is 6.59. The van der Waals surface area contributed by atoms with E-state index in [-0.39, 0.29) is 0 Å². The van der Waals surface area contributed by atoms with Crippen LogP contribution in [0, 0.1) is 0 Å². The van der Waals surface area contributed by atoms with Crippen LogP contribution in [0.5, 0.6) is 0 Å². The van der Waals surface area contributed by atoms with E-state index in [4.69, 9.17) is 10.7 Å². The number of rotatable bonds is 3. The van der Waals surface area contributed by atoms with Crippen molar-refractivity contribution in [3.8, 4) is 0 Å². The number of fused-ring (bicyclic) bond motifs is 1. The van der Waals surface area contributed by atoms with E-state index >= 15 is 0 Å². The molecular weight excluding hydrogens is 322 g/mol. The average molecular weight is 343 g/mol. The van der Waals surface area contributed by atoms with Crippen LogP contribution in [0.25, 0.3) is 16.7 Å². The van der Waals surface area contributed by atoms with Gasteiger partial charge in [-0.2, -0.15) is 0 Å². The predicted octanol–water partition coefficient (Wildman–Crippen LogP) is 3.81. The van der Waals surface area contributed by atoms with Gasteiger partial charge in [-0.1, -0.05) is 36.9 Å². The van der Waals surface area contributed by atoms with Crippen LogP contribution in [0.15, 0.2) is 72.7 Å². The smallest absolute Gasteiger partial charge is 0.160 e. The first-order chi connectivity index (χ1) is 12.5. The van der Waals surface area contributed by atoms with Crippen molar-refractivity contribution < 1.29 is 0 Å². The van der Waals surface area contributed by atoms with E-state index in [2.05, 4.69) is 47.5 Å². The number of likely N-dealkylation sites (N-methyl/N-ethyl adjacent to an activating group) is 1. The SMILES string of the molecule is C=C1C(C)=CC(c2nc3cc(N)cnc3n2Cc2ccccc2)=CN1C. The fourth-order valence-corrected chi connectivity index (χ4v) is 3.20. The zero-order chi connectivity index (χ0) is 18.3. The Hall–Kier alpha value is -3.34. The fourth-order valence-electron chi connectivity index (χ4n) is 3.20. The second-order valence-corrected chi connectivity index (χ2v) is 6.59. The molecule has 0 unspecified atom stereocenters. The third kappa shape index (κ3) is 2.77. The molecule has 130 valence electrons. The summed E-state index contributed by atoms with van der Waals surface area (Å²) in [7, 11) is 2.00. The summed E-state index contributed by atoms with van der Waals surface area (Å²) in [6, 6.07) is 12.2. The van der Waals surface area contributed by atoms with Gasteiger partial charge in [0.25, 0.3) is 0 Å². The van der Waals surface area contributed by atoms with Crippen molar-refractivity contribution in [3.63, 3.8) is 0 Å². The van der Waals surface area contributed by atoms with Crippen molar-refractivity contribution in [3.05, 3.63) is 84.1 Å². The lowest BCUT2D eigenvalue weighted by Gasteiger charge is -2.24. The van der Waals surface area contributed by atoms with Crippen LogP contribution in [-0.2, 0) is 6.54 Å². The Bertz CT molecular complexity index is 1060. The van der Waals surface area contributed by atoms with E-state index in [0.717, 1.165) is 33.8 Å². The highest BCUT2D eigenvalue weighted by Gasteiger charge is 2.19. The summed E-state index contributed by atoms with van der Waals surface area (Å²) in [4.78, 5) is 11.4. The maximum Gasteiger partial charge on any atom is 0.160 e. The summed E-state index contributed by atoms with van der Waals surface area (Å²) < 4.78 is 2.14. The molecule has 0 fully saturated rings. The monoisotopic (exact) mass is 343 g/mol. The molecule has 2 aromatic heterocycles. The predicted molar refractivity (Wildman–Crippen MR) is 106 cm³/mol. The molecule has 0 spiro atoms. The molecule has 1 aliphatic rings. The van der Waals surface area contributed by atoms with Crippen LogP contribution in [0.2, 0.25) is 0 Å². The van der Waals surface area contributed by atoms with E-state index in [1.807, 2.05) is 36.2 Å². The molecular formula is C21H21N5. The Morgan fingerprint density at radius 3 is 2.69 bits per heavy atom. The van der Waals surface area contributed by atoms with Crippen molar-refractivity contribution in [1.82, 2.24) is 19.4 Å². The molecule has 0 saturated carbocycles. The number of hydrogen-bond acceptors (Lipinski definition) is 4. The summed E-state index contributed by atoms with van der Waals surface area (Å²) >= 11 is 0. The minimum absolute atomic E-state index is 0.614. The molecule has 5 heteroatoms. The fraction of sp³-hybridized carbons (Fsp3) is 0.143. The van der Waals surface area contributed by atoms with Crippen molar-refractivity contribution in [1.29, 1.82) is 0 Å². The standard InChI is InChI=1S/C21H21N5/c1-14-9-17(13-25(3)15(14)2)20-24-19-10-18(22)11-23-21(19)26(20)12-16-7-5-4-6-8-16/h4-11,13H,2,12,22H2,1,3H3. The van der Waals surface area contributed by atoms with Crippen molar-refractivity contribution in [2.45, 2.75) is 13.5 Å². The van der Waals surface area contributed by atoms with Gasteiger partial charge in [-0.15, -0.1) is 0 Å². The van der Waals surface area contributed by atoms with E-state index < -0.39 is 0 Å². The number of hydrogen-bond donors (Lipinski definition) is 1. The minimum Gasteiger partial charge on any atom is -0.397 e. The van der Waals surface area contributed by atoms with Crippen molar-refractivity contribution in [2.75, 3.05) is 12.8 Å². The van der Waals surface area contributed by atoms with Gasteiger partial charge in [0.1, 0.15) is 11.3 Å². The summed E-state index contributed by atoms with van der Waals surface area (Å²) in [6.45, 7) is 6.86. The zero-order valence-electron chi connectivity index (χ0n) is 15.0. The van der Waals surface area contributed by atoms with E-state index in [9.17, 15) is 0 Å². The van der Waals surface area contributed by atoms with Gasteiger partial charge in [0, 0.05) is 24.5 Å². The Morgan fingerprint density at radius 1 is 1.19 bits per heavy atom. The minimum atomic E-state index is 0.614. The second kappa shape index (κ2) is 6.19. The maximum atomic E-state index is 5.92. The molecule has 2 N–H and O–H groups in total. The Morgan fingerprint density at radius 2 is 1.96 bits per heavy atom. The number of imidazole rings is 1. The first-order valence-electron chi connectivity index (χ1n) is 8.51. The van der Waals surface area contributed by atoms with Crippen LogP contribution in [0.4, 0.5) is 5.69 Å². The number of pyridine rings is 1. The maximum absolute atomic E-state index is 5.92. The number of nitrogens with zero attached hydrogens (tertiary/aromatic N) is 4. The Kier molecular flexibility index (Phi) is 3.84.